The molecule has 1 atom stereocenters. The normalized spacial score (nSPS) is 13.9. The molecule has 1 unspecified atom stereocenters. The Morgan fingerprint density at radius 2 is 2.15 bits per heavy atom. The van der Waals surface area contributed by atoms with Crippen molar-refractivity contribution in [2.75, 3.05) is 26.1 Å². The number of aryl methyl sites for hydroxylation is 1. The van der Waals surface area contributed by atoms with Gasteiger partial charge in [0.1, 0.15) is 4.90 Å². The Labute approximate surface area is 126 Å². The summed E-state index contributed by atoms with van der Waals surface area (Å²) in [6, 6.07) is 1.77. The number of thioether (sulfide) groups is 1. The number of nitrogens with zero attached hydrogens (tertiary/aromatic N) is 2. The van der Waals surface area contributed by atoms with E-state index in [0.717, 1.165) is 17.9 Å². The van der Waals surface area contributed by atoms with Crippen LogP contribution in [0.15, 0.2) is 17.2 Å². The average molecular weight is 319 g/mol. The van der Waals surface area contributed by atoms with Crippen molar-refractivity contribution in [2.45, 2.75) is 30.8 Å². The maximum atomic E-state index is 12.7. The van der Waals surface area contributed by atoms with Gasteiger partial charge in [-0.3, -0.25) is 0 Å². The molecule has 0 saturated carbocycles. The molecule has 1 heterocycles. The third-order valence-corrected chi connectivity index (χ3v) is 6.06. The molecule has 1 aromatic rings. The highest BCUT2D eigenvalue weighted by atomic mass is 32.2. The van der Waals surface area contributed by atoms with Crippen molar-refractivity contribution in [3.63, 3.8) is 0 Å². The van der Waals surface area contributed by atoms with E-state index < -0.39 is 10.0 Å². The Hall–Kier alpha value is -0.500. The van der Waals surface area contributed by atoms with Crippen LogP contribution in [0.4, 0.5) is 0 Å². The second kappa shape index (κ2) is 7.49. The topological polar surface area (TPSA) is 54.3 Å². The monoisotopic (exact) mass is 319 g/mol. The molecule has 20 heavy (non-hydrogen) atoms. The lowest BCUT2D eigenvalue weighted by molar-refractivity contribution is 0.385. The van der Waals surface area contributed by atoms with Crippen molar-refractivity contribution >= 4 is 21.8 Å². The summed E-state index contributed by atoms with van der Waals surface area (Å²) in [5, 5.41) is 3.04. The quantitative estimate of drug-likeness (QED) is 0.789. The summed E-state index contributed by atoms with van der Waals surface area (Å²) in [6.45, 7) is 2.67. The van der Waals surface area contributed by atoms with Gasteiger partial charge in [-0.05, 0) is 25.8 Å². The zero-order chi connectivity index (χ0) is 15.3. The summed E-state index contributed by atoms with van der Waals surface area (Å²) in [4.78, 5) is 0.368. The van der Waals surface area contributed by atoms with Gasteiger partial charge in [0.25, 0.3) is 0 Å². The molecule has 0 aliphatic carbocycles. The van der Waals surface area contributed by atoms with E-state index in [-0.39, 0.29) is 6.04 Å². The van der Waals surface area contributed by atoms with E-state index in [4.69, 9.17) is 0 Å². The summed E-state index contributed by atoms with van der Waals surface area (Å²) < 4.78 is 28.7. The van der Waals surface area contributed by atoms with E-state index in [1.165, 1.54) is 4.31 Å². The van der Waals surface area contributed by atoms with Crippen LogP contribution in [0.1, 0.15) is 19.0 Å². The number of rotatable bonds is 8. The molecule has 1 rings (SSSR count). The largest absolute Gasteiger partial charge is 0.352 e. The van der Waals surface area contributed by atoms with Gasteiger partial charge in [0.2, 0.25) is 10.0 Å². The van der Waals surface area contributed by atoms with Crippen LogP contribution in [0.5, 0.6) is 0 Å². The summed E-state index contributed by atoms with van der Waals surface area (Å²) in [5.41, 5.74) is 0.956. The van der Waals surface area contributed by atoms with Crippen molar-refractivity contribution in [3.8, 4) is 0 Å². The first-order valence-corrected chi connectivity index (χ1v) is 9.48. The molecule has 0 amide bonds. The second-order valence-electron chi connectivity index (χ2n) is 4.85. The van der Waals surface area contributed by atoms with E-state index in [0.29, 0.717) is 11.4 Å². The molecule has 0 aliphatic rings. The van der Waals surface area contributed by atoms with Gasteiger partial charge in [-0.25, -0.2) is 8.42 Å². The molecule has 0 aromatic carbocycles. The summed E-state index contributed by atoms with van der Waals surface area (Å²) in [5.74, 6) is 0.808. The molecule has 116 valence electrons. The van der Waals surface area contributed by atoms with Crippen LogP contribution in [-0.2, 0) is 23.6 Å². The van der Waals surface area contributed by atoms with Gasteiger partial charge < -0.3 is 9.88 Å². The lowest BCUT2D eigenvalue weighted by Gasteiger charge is -2.25. The molecule has 1 aromatic heterocycles. The van der Waals surface area contributed by atoms with Crippen LogP contribution in [0.25, 0.3) is 0 Å². The van der Waals surface area contributed by atoms with Crippen molar-refractivity contribution in [1.29, 1.82) is 0 Å². The number of hydrogen-bond acceptors (Lipinski definition) is 4. The lowest BCUT2D eigenvalue weighted by Crippen LogP contribution is -2.38. The van der Waals surface area contributed by atoms with E-state index in [1.54, 1.807) is 31.1 Å². The van der Waals surface area contributed by atoms with Gasteiger partial charge >= 0.3 is 0 Å². The highest BCUT2D eigenvalue weighted by Crippen LogP contribution is 2.21. The molecule has 7 heteroatoms. The van der Waals surface area contributed by atoms with Crippen molar-refractivity contribution in [1.82, 2.24) is 14.2 Å². The minimum atomic E-state index is -3.42. The third-order valence-electron chi connectivity index (χ3n) is 3.46. The fourth-order valence-electron chi connectivity index (χ4n) is 2.11. The molecule has 0 radical (unpaired) electrons. The van der Waals surface area contributed by atoms with Gasteiger partial charge in [-0.15, -0.1) is 0 Å². The third kappa shape index (κ3) is 3.78. The second-order valence-corrected chi connectivity index (χ2v) is 7.76. The number of nitrogens with one attached hydrogen (secondary N) is 1. The number of aromatic nitrogens is 1. The van der Waals surface area contributed by atoms with Crippen LogP contribution in [0.2, 0.25) is 0 Å². The SMILES string of the molecule is CCC(CSC)N(C)S(=O)(=O)c1cc(CNC)n(C)c1. The van der Waals surface area contributed by atoms with Crippen molar-refractivity contribution < 1.29 is 8.42 Å². The first kappa shape index (κ1) is 17.6. The molecule has 0 saturated heterocycles. The Morgan fingerprint density at radius 3 is 2.65 bits per heavy atom. The molecule has 0 spiro atoms. The summed E-state index contributed by atoms with van der Waals surface area (Å²) in [6.07, 6.45) is 4.49. The first-order chi connectivity index (χ1) is 9.38. The molecule has 0 aliphatic heterocycles. The molecule has 0 bridgehead atoms. The minimum absolute atomic E-state index is 0.0305. The maximum absolute atomic E-state index is 12.7. The van der Waals surface area contributed by atoms with Gasteiger partial charge in [0.15, 0.2) is 0 Å². The number of sulfonamides is 1. The van der Waals surface area contributed by atoms with Gasteiger partial charge in [-0.2, -0.15) is 16.1 Å². The molecule has 1 N–H and O–H groups in total. The Kier molecular flexibility index (Phi) is 6.57. The van der Waals surface area contributed by atoms with E-state index in [9.17, 15) is 8.42 Å². The predicted molar refractivity (Wildman–Crippen MR) is 85.6 cm³/mol. The zero-order valence-corrected chi connectivity index (χ0v) is 14.5. The Balaban J connectivity index is 3.06. The van der Waals surface area contributed by atoms with E-state index in [2.05, 4.69) is 5.32 Å². The van der Waals surface area contributed by atoms with Crippen molar-refractivity contribution in [3.05, 3.63) is 18.0 Å². The highest BCUT2D eigenvalue weighted by molar-refractivity contribution is 7.98. The highest BCUT2D eigenvalue weighted by Gasteiger charge is 2.28. The summed E-state index contributed by atoms with van der Waals surface area (Å²) >= 11 is 1.67. The van der Waals surface area contributed by atoms with Crippen LogP contribution in [0, 0.1) is 0 Å². The molecular weight excluding hydrogens is 294 g/mol. The van der Waals surface area contributed by atoms with Crippen LogP contribution in [0.3, 0.4) is 0 Å². The standard InChI is InChI=1S/C13H25N3O2S2/c1-6-11(10-19-5)16(4)20(17,18)13-7-12(8-14-2)15(3)9-13/h7,9,11,14H,6,8,10H2,1-5H3. The Bertz CT molecular complexity index is 526. The van der Waals surface area contributed by atoms with Crippen LogP contribution >= 0.6 is 11.8 Å². The molecule has 5 nitrogen and oxygen atoms in total. The zero-order valence-electron chi connectivity index (χ0n) is 12.9. The average Bonchev–Trinajstić information content (AvgIpc) is 2.78. The first-order valence-electron chi connectivity index (χ1n) is 6.65. The van der Waals surface area contributed by atoms with Gasteiger partial charge in [-0.1, -0.05) is 6.92 Å². The van der Waals surface area contributed by atoms with E-state index in [1.807, 2.05) is 31.8 Å². The van der Waals surface area contributed by atoms with Gasteiger partial charge in [0, 0.05) is 44.3 Å². The Morgan fingerprint density at radius 1 is 1.50 bits per heavy atom. The van der Waals surface area contributed by atoms with Crippen LogP contribution < -0.4 is 5.32 Å². The van der Waals surface area contributed by atoms with Crippen LogP contribution in [-0.4, -0.2) is 49.4 Å². The van der Waals surface area contributed by atoms with Crippen molar-refractivity contribution in [2.24, 2.45) is 7.05 Å². The fourth-order valence-corrected chi connectivity index (χ4v) is 4.57. The summed E-state index contributed by atoms with van der Waals surface area (Å²) in [7, 11) is 1.96. The molecular formula is C13H25N3O2S2. The van der Waals surface area contributed by atoms with E-state index >= 15 is 0 Å². The number of hydrogen-bond donors (Lipinski definition) is 1. The van der Waals surface area contributed by atoms with Gasteiger partial charge in [0.05, 0.1) is 0 Å². The molecule has 0 fully saturated rings. The minimum Gasteiger partial charge on any atom is -0.352 e. The fraction of sp³-hybridized carbons (Fsp3) is 0.692. The lowest BCUT2D eigenvalue weighted by atomic mass is 10.3. The smallest absolute Gasteiger partial charge is 0.244 e. The predicted octanol–water partition coefficient (Wildman–Crippen LogP) is 1.51. The maximum Gasteiger partial charge on any atom is 0.244 e.